The van der Waals surface area contributed by atoms with Gasteiger partial charge in [0.2, 0.25) is 0 Å². The van der Waals surface area contributed by atoms with Crippen LogP contribution in [0.15, 0.2) is 36.4 Å². The van der Waals surface area contributed by atoms with Gasteiger partial charge in [0.15, 0.2) is 0 Å². The Morgan fingerprint density at radius 3 is 2.39 bits per heavy atom. The molecule has 1 aliphatic carbocycles. The largest absolute Gasteiger partial charge is 0.363 e. The van der Waals surface area contributed by atoms with Gasteiger partial charge < -0.3 is 4.74 Å². The van der Waals surface area contributed by atoms with Gasteiger partial charge in [0.1, 0.15) is 17.5 Å². The molecule has 2 aromatic carbocycles. The first-order chi connectivity index (χ1) is 8.57. The first-order valence-electron chi connectivity index (χ1n) is 5.71. The van der Waals surface area contributed by atoms with Gasteiger partial charge in [0.25, 0.3) is 10.1 Å². The minimum Gasteiger partial charge on any atom is -0.363 e. The third-order valence-corrected chi connectivity index (χ3v) is 4.89. The average molecular weight is 262 g/mol. The van der Waals surface area contributed by atoms with Crippen molar-refractivity contribution in [1.82, 2.24) is 0 Å². The normalized spacial score (nSPS) is 29.1. The molecule has 1 aliphatic heterocycles. The number of benzene rings is 2. The summed E-state index contributed by atoms with van der Waals surface area (Å²) in [6, 6.07) is 11.3. The highest BCUT2D eigenvalue weighted by molar-refractivity contribution is 7.86. The van der Waals surface area contributed by atoms with E-state index in [-0.39, 0.29) is 6.10 Å². The Balaban J connectivity index is 2.13. The Morgan fingerprint density at radius 1 is 1.06 bits per heavy atom. The van der Waals surface area contributed by atoms with Crippen molar-refractivity contribution in [2.24, 2.45) is 0 Å². The highest BCUT2D eigenvalue weighted by Gasteiger charge is 2.55. The summed E-state index contributed by atoms with van der Waals surface area (Å²) in [5.74, 6) is 0. The van der Waals surface area contributed by atoms with Crippen molar-refractivity contribution in [3.63, 3.8) is 0 Å². The molecule has 0 spiro atoms. The maximum absolute atomic E-state index is 11.5. The predicted octanol–water partition coefficient (Wildman–Crippen LogP) is 2.22. The SMILES string of the molecule is O=S(=O)(O)C1c2cccc3cccc(c23)C2OC21. The second-order valence-corrected chi connectivity index (χ2v) is 6.29. The van der Waals surface area contributed by atoms with Crippen LogP contribution in [-0.2, 0) is 14.9 Å². The molecule has 5 heteroatoms. The third-order valence-electron chi connectivity index (χ3n) is 3.73. The van der Waals surface area contributed by atoms with Gasteiger partial charge in [-0.3, -0.25) is 4.55 Å². The molecule has 92 valence electrons. The van der Waals surface area contributed by atoms with Crippen LogP contribution in [0.25, 0.3) is 10.8 Å². The van der Waals surface area contributed by atoms with Gasteiger partial charge in [0, 0.05) is 0 Å². The summed E-state index contributed by atoms with van der Waals surface area (Å²) in [5.41, 5.74) is 1.66. The summed E-state index contributed by atoms with van der Waals surface area (Å²) in [5, 5.41) is 0.926. The summed E-state index contributed by atoms with van der Waals surface area (Å²) in [7, 11) is -4.15. The van der Waals surface area contributed by atoms with Gasteiger partial charge in [-0.15, -0.1) is 0 Å². The van der Waals surface area contributed by atoms with Crippen LogP contribution >= 0.6 is 0 Å². The quantitative estimate of drug-likeness (QED) is 0.632. The first kappa shape index (κ1) is 10.5. The molecule has 0 radical (unpaired) electrons. The Labute approximate surface area is 104 Å². The minimum atomic E-state index is -4.15. The molecule has 0 aromatic heterocycles. The van der Waals surface area contributed by atoms with Gasteiger partial charge in [0.05, 0.1) is 0 Å². The van der Waals surface area contributed by atoms with Crippen LogP contribution in [0.2, 0.25) is 0 Å². The summed E-state index contributed by atoms with van der Waals surface area (Å²) in [6.07, 6.45) is -0.643. The van der Waals surface area contributed by atoms with E-state index in [1.807, 2.05) is 30.3 Å². The van der Waals surface area contributed by atoms with Gasteiger partial charge in [-0.05, 0) is 21.9 Å². The lowest BCUT2D eigenvalue weighted by Crippen LogP contribution is -2.21. The summed E-state index contributed by atoms with van der Waals surface area (Å²) in [4.78, 5) is 0. The fourth-order valence-electron chi connectivity index (χ4n) is 2.99. The molecule has 3 atom stereocenters. The van der Waals surface area contributed by atoms with Crippen LogP contribution in [0.3, 0.4) is 0 Å². The number of fused-ring (bicyclic) bond motifs is 2. The lowest BCUT2D eigenvalue weighted by atomic mass is 9.88. The monoisotopic (exact) mass is 262 g/mol. The molecule has 2 aromatic rings. The minimum absolute atomic E-state index is 0.199. The van der Waals surface area contributed by atoms with E-state index in [1.54, 1.807) is 6.07 Å². The highest BCUT2D eigenvalue weighted by atomic mass is 32.2. The zero-order valence-electron chi connectivity index (χ0n) is 9.28. The number of ether oxygens (including phenoxy) is 1. The zero-order valence-corrected chi connectivity index (χ0v) is 10.1. The number of epoxide rings is 1. The van der Waals surface area contributed by atoms with E-state index in [4.69, 9.17) is 4.74 Å². The zero-order chi connectivity index (χ0) is 12.5. The molecule has 0 saturated carbocycles. The Hall–Kier alpha value is -1.43. The topological polar surface area (TPSA) is 66.9 Å². The van der Waals surface area contributed by atoms with Crippen molar-refractivity contribution in [3.8, 4) is 0 Å². The Morgan fingerprint density at radius 2 is 1.72 bits per heavy atom. The number of hydrogen-bond donors (Lipinski definition) is 1. The number of rotatable bonds is 1. The molecule has 0 amide bonds. The van der Waals surface area contributed by atoms with E-state index in [1.165, 1.54) is 0 Å². The van der Waals surface area contributed by atoms with Gasteiger partial charge in [-0.25, -0.2) is 0 Å². The van der Waals surface area contributed by atoms with Crippen LogP contribution in [-0.4, -0.2) is 19.1 Å². The molecule has 18 heavy (non-hydrogen) atoms. The highest BCUT2D eigenvalue weighted by Crippen LogP contribution is 2.55. The van der Waals surface area contributed by atoms with Crippen LogP contribution in [0.1, 0.15) is 22.5 Å². The molecule has 1 fully saturated rings. The van der Waals surface area contributed by atoms with E-state index in [0.29, 0.717) is 5.56 Å². The van der Waals surface area contributed by atoms with Crippen LogP contribution in [0.5, 0.6) is 0 Å². The van der Waals surface area contributed by atoms with Crippen LogP contribution in [0, 0.1) is 0 Å². The maximum atomic E-state index is 11.5. The fraction of sp³-hybridized carbons (Fsp3) is 0.231. The van der Waals surface area contributed by atoms with Crippen molar-refractivity contribution in [3.05, 3.63) is 47.5 Å². The van der Waals surface area contributed by atoms with E-state index in [0.717, 1.165) is 16.3 Å². The van der Waals surface area contributed by atoms with E-state index in [2.05, 4.69) is 0 Å². The lowest BCUT2D eigenvalue weighted by Gasteiger charge is -2.20. The molecule has 3 unspecified atom stereocenters. The van der Waals surface area contributed by atoms with Crippen molar-refractivity contribution in [1.29, 1.82) is 0 Å². The molecule has 2 aliphatic rings. The third kappa shape index (κ3) is 1.24. The molecular weight excluding hydrogens is 252 g/mol. The Kier molecular flexibility index (Phi) is 1.82. The van der Waals surface area contributed by atoms with Crippen molar-refractivity contribution >= 4 is 20.9 Å². The molecule has 1 heterocycles. The maximum Gasteiger partial charge on any atom is 0.274 e. The smallest absolute Gasteiger partial charge is 0.274 e. The first-order valence-corrected chi connectivity index (χ1v) is 7.21. The van der Waals surface area contributed by atoms with Crippen LogP contribution in [0.4, 0.5) is 0 Å². The van der Waals surface area contributed by atoms with E-state index < -0.39 is 21.5 Å². The molecule has 1 N–H and O–H groups in total. The predicted molar refractivity (Wildman–Crippen MR) is 65.9 cm³/mol. The summed E-state index contributed by atoms with van der Waals surface area (Å²) < 4.78 is 38.0. The molecule has 1 saturated heterocycles. The second-order valence-electron chi connectivity index (χ2n) is 4.75. The van der Waals surface area contributed by atoms with Crippen molar-refractivity contribution in [2.45, 2.75) is 17.5 Å². The number of hydrogen-bond acceptors (Lipinski definition) is 3. The molecule has 4 nitrogen and oxygen atoms in total. The van der Waals surface area contributed by atoms with Crippen molar-refractivity contribution in [2.75, 3.05) is 0 Å². The van der Waals surface area contributed by atoms with Gasteiger partial charge >= 0.3 is 0 Å². The summed E-state index contributed by atoms with van der Waals surface area (Å²) in [6.45, 7) is 0. The van der Waals surface area contributed by atoms with Gasteiger partial charge in [-0.2, -0.15) is 8.42 Å². The van der Waals surface area contributed by atoms with Crippen LogP contribution < -0.4 is 0 Å². The second kappa shape index (κ2) is 3.12. The lowest BCUT2D eigenvalue weighted by molar-refractivity contribution is 0.363. The van der Waals surface area contributed by atoms with E-state index >= 15 is 0 Å². The van der Waals surface area contributed by atoms with E-state index in [9.17, 15) is 13.0 Å². The fourth-order valence-corrected chi connectivity index (χ4v) is 4.05. The summed E-state index contributed by atoms with van der Waals surface area (Å²) >= 11 is 0. The molecular formula is C13H10O4S. The standard InChI is InChI=1S/C13H10O4S/c14-18(15,16)13-9-6-2-4-7-3-1-5-8(10(7)9)11-12(13)17-11/h1-6,11-13H,(H,14,15,16). The molecule has 4 rings (SSSR count). The average Bonchev–Trinajstić information content (AvgIpc) is 3.08. The molecule has 0 bridgehead atoms. The van der Waals surface area contributed by atoms with Crippen molar-refractivity contribution < 1.29 is 17.7 Å². The Bertz CT molecular complexity index is 760. The van der Waals surface area contributed by atoms with Gasteiger partial charge in [-0.1, -0.05) is 36.4 Å².